The number of rotatable bonds is 4. The van der Waals surface area contributed by atoms with E-state index in [2.05, 4.69) is 16.4 Å². The molecule has 0 aliphatic heterocycles. The first-order valence-corrected chi connectivity index (χ1v) is 7.38. The standard InChI is InChI=1S/C17H19FN2O/c18-13-6-7-17(21)12(11-13)8-10-20-16-5-1-4-15-14(16)3-2-9-19-15/h2-3,6-7,9,11,16,20-21H,1,4-5,8,10H2. The molecule has 3 rings (SSSR count). The van der Waals surface area contributed by atoms with Crippen molar-refractivity contribution in [2.75, 3.05) is 6.54 Å². The number of fused-ring (bicyclic) bond motifs is 1. The summed E-state index contributed by atoms with van der Waals surface area (Å²) in [5, 5.41) is 13.2. The minimum Gasteiger partial charge on any atom is -0.508 e. The van der Waals surface area contributed by atoms with Crippen molar-refractivity contribution in [3.05, 3.63) is 59.2 Å². The number of hydrogen-bond donors (Lipinski definition) is 2. The van der Waals surface area contributed by atoms with E-state index in [1.54, 1.807) is 0 Å². The molecule has 2 N–H and O–H groups in total. The quantitative estimate of drug-likeness (QED) is 0.907. The lowest BCUT2D eigenvalue weighted by atomic mass is 9.91. The number of benzene rings is 1. The van der Waals surface area contributed by atoms with Crippen molar-refractivity contribution in [3.63, 3.8) is 0 Å². The van der Waals surface area contributed by atoms with Crippen LogP contribution in [-0.4, -0.2) is 16.6 Å². The number of aromatic nitrogens is 1. The Balaban J connectivity index is 1.63. The summed E-state index contributed by atoms with van der Waals surface area (Å²) in [7, 11) is 0. The van der Waals surface area contributed by atoms with Gasteiger partial charge in [-0.25, -0.2) is 4.39 Å². The third-order valence-corrected chi connectivity index (χ3v) is 4.03. The second-order valence-corrected chi connectivity index (χ2v) is 5.46. The normalized spacial score (nSPS) is 17.5. The summed E-state index contributed by atoms with van der Waals surface area (Å²) in [5.41, 5.74) is 3.09. The first kappa shape index (κ1) is 14.0. The highest BCUT2D eigenvalue weighted by Gasteiger charge is 2.20. The van der Waals surface area contributed by atoms with Crippen molar-refractivity contribution >= 4 is 0 Å². The summed E-state index contributed by atoms with van der Waals surface area (Å²) >= 11 is 0. The second kappa shape index (κ2) is 6.22. The van der Waals surface area contributed by atoms with Crippen LogP contribution >= 0.6 is 0 Å². The van der Waals surface area contributed by atoms with Crippen LogP contribution in [0.3, 0.4) is 0 Å². The molecule has 3 nitrogen and oxygen atoms in total. The number of nitrogens with one attached hydrogen (secondary N) is 1. The minimum absolute atomic E-state index is 0.156. The molecule has 1 unspecified atom stereocenters. The molecule has 1 heterocycles. The van der Waals surface area contributed by atoms with Gasteiger partial charge >= 0.3 is 0 Å². The van der Waals surface area contributed by atoms with Crippen molar-refractivity contribution in [1.82, 2.24) is 10.3 Å². The minimum atomic E-state index is -0.310. The molecule has 4 heteroatoms. The molecule has 0 radical (unpaired) electrons. The Morgan fingerprint density at radius 3 is 3.14 bits per heavy atom. The maximum atomic E-state index is 13.2. The SMILES string of the molecule is Oc1ccc(F)cc1CCNC1CCCc2ncccc21. The van der Waals surface area contributed by atoms with Gasteiger partial charge < -0.3 is 10.4 Å². The summed E-state index contributed by atoms with van der Waals surface area (Å²) in [4.78, 5) is 4.43. The van der Waals surface area contributed by atoms with Gasteiger partial charge in [0.05, 0.1) is 0 Å². The summed E-state index contributed by atoms with van der Waals surface area (Å²) in [6.45, 7) is 0.704. The lowest BCUT2D eigenvalue weighted by molar-refractivity contribution is 0.445. The molecule has 0 saturated carbocycles. The highest BCUT2D eigenvalue weighted by molar-refractivity contribution is 5.33. The van der Waals surface area contributed by atoms with Gasteiger partial charge in [-0.15, -0.1) is 0 Å². The van der Waals surface area contributed by atoms with Gasteiger partial charge in [0.15, 0.2) is 0 Å². The lowest BCUT2D eigenvalue weighted by Gasteiger charge is -2.25. The van der Waals surface area contributed by atoms with E-state index in [4.69, 9.17) is 0 Å². The summed E-state index contributed by atoms with van der Waals surface area (Å²) in [5.74, 6) is -0.154. The van der Waals surface area contributed by atoms with E-state index in [0.717, 1.165) is 19.3 Å². The van der Waals surface area contributed by atoms with Gasteiger partial charge in [-0.2, -0.15) is 0 Å². The highest BCUT2D eigenvalue weighted by atomic mass is 19.1. The molecule has 21 heavy (non-hydrogen) atoms. The average molecular weight is 286 g/mol. The molecular weight excluding hydrogens is 267 g/mol. The second-order valence-electron chi connectivity index (χ2n) is 5.46. The van der Waals surface area contributed by atoms with Crippen LogP contribution in [0, 0.1) is 5.82 Å². The van der Waals surface area contributed by atoms with Crippen molar-refractivity contribution in [1.29, 1.82) is 0 Å². The van der Waals surface area contributed by atoms with Crippen LogP contribution in [0.2, 0.25) is 0 Å². The molecule has 0 saturated heterocycles. The summed E-state index contributed by atoms with van der Waals surface area (Å²) < 4.78 is 13.2. The number of aryl methyl sites for hydroxylation is 1. The van der Waals surface area contributed by atoms with Crippen LogP contribution in [0.4, 0.5) is 4.39 Å². The first-order chi connectivity index (χ1) is 10.2. The third kappa shape index (κ3) is 3.22. The molecule has 0 spiro atoms. The number of nitrogens with zero attached hydrogens (tertiary/aromatic N) is 1. The fraction of sp³-hybridized carbons (Fsp3) is 0.353. The van der Waals surface area contributed by atoms with E-state index >= 15 is 0 Å². The Hall–Kier alpha value is -1.94. The maximum absolute atomic E-state index is 13.2. The van der Waals surface area contributed by atoms with Crippen molar-refractivity contribution in [2.45, 2.75) is 31.7 Å². The fourth-order valence-electron chi connectivity index (χ4n) is 2.95. The van der Waals surface area contributed by atoms with Crippen LogP contribution < -0.4 is 5.32 Å². The smallest absolute Gasteiger partial charge is 0.123 e. The summed E-state index contributed by atoms with van der Waals surface area (Å²) in [6.07, 6.45) is 5.71. The predicted molar refractivity (Wildman–Crippen MR) is 79.7 cm³/mol. The monoisotopic (exact) mass is 286 g/mol. The van der Waals surface area contributed by atoms with Crippen molar-refractivity contribution < 1.29 is 9.50 Å². The molecular formula is C17H19FN2O. The zero-order valence-corrected chi connectivity index (χ0v) is 11.8. The summed E-state index contributed by atoms with van der Waals surface area (Å²) in [6, 6.07) is 8.47. The number of hydrogen-bond acceptors (Lipinski definition) is 3. The van der Waals surface area contributed by atoms with E-state index in [-0.39, 0.29) is 11.6 Å². The third-order valence-electron chi connectivity index (χ3n) is 4.03. The van der Waals surface area contributed by atoms with Crippen molar-refractivity contribution in [2.24, 2.45) is 0 Å². The van der Waals surface area contributed by atoms with Crippen LogP contribution in [0.5, 0.6) is 5.75 Å². The molecule has 1 atom stereocenters. The fourth-order valence-corrected chi connectivity index (χ4v) is 2.95. The molecule has 0 fully saturated rings. The van der Waals surface area contributed by atoms with Gasteiger partial charge in [-0.05, 0) is 67.6 Å². The lowest BCUT2D eigenvalue weighted by Crippen LogP contribution is -2.27. The molecule has 1 aliphatic carbocycles. The number of pyridine rings is 1. The Morgan fingerprint density at radius 2 is 2.24 bits per heavy atom. The largest absolute Gasteiger partial charge is 0.508 e. The molecule has 1 aromatic carbocycles. The first-order valence-electron chi connectivity index (χ1n) is 7.38. The Morgan fingerprint density at radius 1 is 1.33 bits per heavy atom. The topological polar surface area (TPSA) is 45.1 Å². The zero-order chi connectivity index (χ0) is 14.7. The van der Waals surface area contributed by atoms with Gasteiger partial charge in [-0.1, -0.05) is 6.07 Å². The Labute approximate surface area is 123 Å². The average Bonchev–Trinajstić information content (AvgIpc) is 2.51. The predicted octanol–water partition coefficient (Wildman–Crippen LogP) is 3.14. The van der Waals surface area contributed by atoms with E-state index in [0.29, 0.717) is 24.6 Å². The van der Waals surface area contributed by atoms with Gasteiger partial charge in [-0.3, -0.25) is 4.98 Å². The Kier molecular flexibility index (Phi) is 4.15. The number of phenols is 1. The van der Waals surface area contributed by atoms with Crippen LogP contribution in [-0.2, 0) is 12.8 Å². The van der Waals surface area contributed by atoms with Gasteiger partial charge in [0.1, 0.15) is 11.6 Å². The van der Waals surface area contributed by atoms with Crippen molar-refractivity contribution in [3.8, 4) is 5.75 Å². The molecule has 0 amide bonds. The number of phenolic OH excluding ortho intramolecular Hbond substituents is 1. The zero-order valence-electron chi connectivity index (χ0n) is 11.8. The number of aromatic hydroxyl groups is 1. The maximum Gasteiger partial charge on any atom is 0.123 e. The van der Waals surface area contributed by atoms with Gasteiger partial charge in [0.2, 0.25) is 0 Å². The highest BCUT2D eigenvalue weighted by Crippen LogP contribution is 2.28. The Bertz CT molecular complexity index is 630. The van der Waals surface area contributed by atoms with Crippen LogP contribution in [0.25, 0.3) is 0 Å². The van der Waals surface area contributed by atoms with Crippen LogP contribution in [0.1, 0.15) is 35.7 Å². The van der Waals surface area contributed by atoms with Gasteiger partial charge in [0.25, 0.3) is 0 Å². The molecule has 2 aromatic rings. The van der Waals surface area contributed by atoms with E-state index in [1.807, 2.05) is 12.3 Å². The molecule has 1 aromatic heterocycles. The number of halogens is 1. The van der Waals surface area contributed by atoms with E-state index < -0.39 is 0 Å². The molecule has 0 bridgehead atoms. The van der Waals surface area contributed by atoms with E-state index in [1.165, 1.54) is 29.5 Å². The van der Waals surface area contributed by atoms with E-state index in [9.17, 15) is 9.50 Å². The molecule has 1 aliphatic rings. The van der Waals surface area contributed by atoms with Gasteiger partial charge in [0, 0.05) is 17.9 Å². The van der Waals surface area contributed by atoms with Crippen LogP contribution in [0.15, 0.2) is 36.5 Å². The molecule has 110 valence electrons.